The van der Waals surface area contributed by atoms with Crippen LogP contribution in [0.4, 0.5) is 4.39 Å². The minimum atomic E-state index is -0.588. The normalized spacial score (nSPS) is 12.3. The van der Waals surface area contributed by atoms with Crippen LogP contribution in [0.15, 0.2) is 54.6 Å². The van der Waals surface area contributed by atoms with E-state index in [1.165, 1.54) is 17.8 Å². The number of hydrogen-bond donors (Lipinski definition) is 1. The maximum Gasteiger partial charge on any atom is 0.242 e. The van der Waals surface area contributed by atoms with Gasteiger partial charge in [0.1, 0.15) is 11.9 Å². The molecule has 1 unspecified atom stereocenters. The van der Waals surface area contributed by atoms with Crippen LogP contribution in [0.1, 0.15) is 38.8 Å². The van der Waals surface area contributed by atoms with Crippen molar-refractivity contribution in [3.63, 3.8) is 0 Å². The number of nitrogens with zero attached hydrogens (tertiary/aromatic N) is 1. The molecule has 0 bridgehead atoms. The average molecular weight is 431 g/mol. The Labute approximate surface area is 183 Å². The van der Waals surface area contributed by atoms with E-state index in [-0.39, 0.29) is 28.9 Å². The molecule has 162 valence electrons. The summed E-state index contributed by atoms with van der Waals surface area (Å²) < 4.78 is 13.8. The van der Waals surface area contributed by atoms with Crippen LogP contribution in [0.25, 0.3) is 0 Å². The lowest BCUT2D eigenvalue weighted by Gasteiger charge is -2.31. The number of thioether (sulfide) groups is 1. The Morgan fingerprint density at radius 3 is 2.33 bits per heavy atom. The van der Waals surface area contributed by atoms with Gasteiger partial charge in [0.25, 0.3) is 0 Å². The van der Waals surface area contributed by atoms with Crippen molar-refractivity contribution in [3.8, 4) is 0 Å². The van der Waals surface area contributed by atoms with Gasteiger partial charge in [0.15, 0.2) is 0 Å². The van der Waals surface area contributed by atoms with Crippen LogP contribution in [0.5, 0.6) is 0 Å². The van der Waals surface area contributed by atoms with Crippen LogP contribution in [0.2, 0.25) is 0 Å². The van der Waals surface area contributed by atoms with Gasteiger partial charge in [-0.3, -0.25) is 9.59 Å². The zero-order chi connectivity index (χ0) is 22.1. The van der Waals surface area contributed by atoms with Gasteiger partial charge in [-0.2, -0.15) is 0 Å². The van der Waals surface area contributed by atoms with E-state index in [4.69, 9.17) is 0 Å². The molecule has 0 saturated carbocycles. The number of nitrogens with one attached hydrogen (secondary N) is 1. The molecule has 30 heavy (non-hydrogen) atoms. The first-order chi connectivity index (χ1) is 14.2. The molecule has 4 nitrogen and oxygen atoms in total. The fourth-order valence-electron chi connectivity index (χ4n) is 2.99. The van der Waals surface area contributed by atoms with Gasteiger partial charge in [-0.05, 0) is 51.3 Å². The first-order valence-electron chi connectivity index (χ1n) is 10.1. The lowest BCUT2D eigenvalue weighted by atomic mass is 10.1. The van der Waals surface area contributed by atoms with Gasteiger partial charge < -0.3 is 10.2 Å². The van der Waals surface area contributed by atoms with Crippen molar-refractivity contribution >= 4 is 23.6 Å². The minimum Gasteiger partial charge on any atom is -0.350 e. The highest BCUT2D eigenvalue weighted by atomic mass is 32.2. The monoisotopic (exact) mass is 430 g/mol. The van der Waals surface area contributed by atoms with E-state index in [2.05, 4.69) is 5.32 Å². The number of hydrogen-bond acceptors (Lipinski definition) is 3. The molecule has 0 fully saturated rings. The molecular weight excluding hydrogens is 399 g/mol. The van der Waals surface area contributed by atoms with E-state index in [0.717, 1.165) is 5.56 Å². The minimum absolute atomic E-state index is 0.121. The van der Waals surface area contributed by atoms with Gasteiger partial charge >= 0.3 is 0 Å². The van der Waals surface area contributed by atoms with Crippen molar-refractivity contribution in [1.29, 1.82) is 0 Å². The molecule has 0 aliphatic rings. The summed E-state index contributed by atoms with van der Waals surface area (Å²) >= 11 is 1.36. The molecule has 0 aliphatic carbocycles. The van der Waals surface area contributed by atoms with Crippen LogP contribution in [0, 0.1) is 5.82 Å². The Balaban J connectivity index is 2.03. The summed E-state index contributed by atoms with van der Waals surface area (Å²) in [6.07, 6.45) is 0.664. The molecule has 0 saturated heterocycles. The van der Waals surface area contributed by atoms with Crippen LogP contribution < -0.4 is 5.32 Å². The largest absolute Gasteiger partial charge is 0.350 e. The fraction of sp³-hybridized carbons (Fsp3) is 0.417. The average Bonchev–Trinajstić information content (AvgIpc) is 2.69. The van der Waals surface area contributed by atoms with Gasteiger partial charge in [0.2, 0.25) is 11.8 Å². The molecular formula is C24H31FN2O2S. The smallest absolute Gasteiger partial charge is 0.242 e. The Bertz CT molecular complexity index is 837. The molecule has 2 amide bonds. The molecule has 0 heterocycles. The van der Waals surface area contributed by atoms with E-state index in [1.807, 2.05) is 51.1 Å². The summed E-state index contributed by atoms with van der Waals surface area (Å²) in [4.78, 5) is 27.3. The molecule has 1 N–H and O–H groups in total. The lowest BCUT2D eigenvalue weighted by Crippen LogP contribution is -2.53. The zero-order valence-electron chi connectivity index (χ0n) is 18.2. The van der Waals surface area contributed by atoms with Crippen molar-refractivity contribution in [2.45, 2.75) is 51.4 Å². The first-order valence-corrected chi connectivity index (χ1v) is 11.3. The number of amides is 2. The molecule has 1 atom stereocenters. The van der Waals surface area contributed by atoms with Gasteiger partial charge in [-0.25, -0.2) is 4.39 Å². The standard InChI is InChI=1S/C24H31FN2O2S/c1-18(23(29)26-24(2,3)4)27(15-14-19-10-6-5-7-11-19)22(28)17-30-16-20-12-8-9-13-21(20)25/h5-13,18H,14-17H2,1-4H3,(H,26,29). The van der Waals surface area contributed by atoms with Crippen molar-refractivity contribution in [2.24, 2.45) is 0 Å². The summed E-state index contributed by atoms with van der Waals surface area (Å²) in [7, 11) is 0. The first kappa shape index (κ1) is 23.9. The third kappa shape index (κ3) is 7.82. The molecule has 0 aromatic heterocycles. The van der Waals surface area contributed by atoms with E-state index in [0.29, 0.717) is 24.3 Å². The molecule has 0 aliphatic heterocycles. The van der Waals surface area contributed by atoms with Crippen LogP contribution in [-0.2, 0) is 21.8 Å². The highest BCUT2D eigenvalue weighted by Gasteiger charge is 2.27. The Morgan fingerprint density at radius 1 is 1.07 bits per heavy atom. The summed E-state index contributed by atoms with van der Waals surface area (Å²) in [5.41, 5.74) is 1.31. The molecule has 0 radical (unpaired) electrons. The number of halogens is 1. The van der Waals surface area contributed by atoms with Crippen molar-refractivity contribution < 1.29 is 14.0 Å². The Hall–Kier alpha value is -2.34. The van der Waals surface area contributed by atoms with E-state index >= 15 is 0 Å². The maximum atomic E-state index is 13.8. The third-order valence-electron chi connectivity index (χ3n) is 4.59. The summed E-state index contributed by atoms with van der Waals surface area (Å²) in [6.45, 7) is 7.95. The van der Waals surface area contributed by atoms with Gasteiger partial charge in [0, 0.05) is 17.8 Å². The molecule has 2 aromatic carbocycles. The quantitative estimate of drug-likeness (QED) is 0.640. The number of rotatable bonds is 9. The predicted molar refractivity (Wildman–Crippen MR) is 122 cm³/mol. The molecule has 6 heteroatoms. The Morgan fingerprint density at radius 2 is 1.70 bits per heavy atom. The number of carbonyl (C=O) groups is 2. The highest BCUT2D eigenvalue weighted by molar-refractivity contribution is 7.99. The van der Waals surface area contributed by atoms with Crippen molar-refractivity contribution in [2.75, 3.05) is 12.3 Å². The van der Waals surface area contributed by atoms with E-state index in [1.54, 1.807) is 30.0 Å². The second-order valence-electron chi connectivity index (χ2n) is 8.32. The number of benzene rings is 2. The topological polar surface area (TPSA) is 49.4 Å². The van der Waals surface area contributed by atoms with Crippen LogP contribution in [-0.4, -0.2) is 40.6 Å². The molecule has 2 rings (SSSR count). The summed E-state index contributed by atoms with van der Waals surface area (Å²) in [5.74, 6) is 0.0344. The number of carbonyl (C=O) groups excluding carboxylic acids is 2. The van der Waals surface area contributed by atoms with E-state index in [9.17, 15) is 14.0 Å². The third-order valence-corrected chi connectivity index (χ3v) is 5.56. The second kappa shape index (κ2) is 11.2. The van der Waals surface area contributed by atoms with Crippen LogP contribution in [0.3, 0.4) is 0 Å². The van der Waals surface area contributed by atoms with Crippen molar-refractivity contribution in [1.82, 2.24) is 10.2 Å². The van der Waals surface area contributed by atoms with Gasteiger partial charge in [-0.1, -0.05) is 48.5 Å². The SMILES string of the molecule is CC(C(=O)NC(C)(C)C)N(CCc1ccccc1)C(=O)CSCc1ccccc1F. The second-order valence-corrected chi connectivity index (χ2v) is 9.31. The summed E-state index contributed by atoms with van der Waals surface area (Å²) in [5, 5.41) is 2.95. The fourth-order valence-corrected chi connectivity index (χ4v) is 3.89. The van der Waals surface area contributed by atoms with Gasteiger partial charge in [-0.15, -0.1) is 11.8 Å². The predicted octanol–water partition coefficient (Wildman–Crippen LogP) is 4.43. The van der Waals surface area contributed by atoms with E-state index < -0.39 is 6.04 Å². The summed E-state index contributed by atoms with van der Waals surface area (Å²) in [6, 6.07) is 15.9. The van der Waals surface area contributed by atoms with Crippen molar-refractivity contribution in [3.05, 3.63) is 71.5 Å². The molecule has 0 spiro atoms. The lowest BCUT2D eigenvalue weighted by molar-refractivity contribution is -0.138. The maximum absolute atomic E-state index is 13.8. The van der Waals surface area contributed by atoms with Gasteiger partial charge in [0.05, 0.1) is 5.75 Å². The Kier molecular flexibility index (Phi) is 8.90. The molecule has 2 aromatic rings. The zero-order valence-corrected chi connectivity index (χ0v) is 19.0. The van der Waals surface area contributed by atoms with Crippen LogP contribution >= 0.6 is 11.8 Å². The highest BCUT2D eigenvalue weighted by Crippen LogP contribution is 2.17.